The van der Waals surface area contributed by atoms with Gasteiger partial charge in [0.25, 0.3) is 0 Å². The topological polar surface area (TPSA) is 113 Å². The number of likely N-dealkylation sites (tertiary alicyclic amines) is 1. The van der Waals surface area contributed by atoms with Gasteiger partial charge in [-0.3, -0.25) is 14.8 Å². The minimum absolute atomic E-state index is 0.0136. The lowest BCUT2D eigenvalue weighted by Crippen LogP contribution is -2.39. The van der Waals surface area contributed by atoms with Crippen molar-refractivity contribution in [1.29, 1.82) is 0 Å². The van der Waals surface area contributed by atoms with E-state index in [1.807, 2.05) is 24.3 Å². The summed E-state index contributed by atoms with van der Waals surface area (Å²) < 4.78 is 10.4. The number of pyridine rings is 2. The molecular weight excluding hydrogens is 422 g/mol. The summed E-state index contributed by atoms with van der Waals surface area (Å²) in [5.74, 6) is 0.0227. The summed E-state index contributed by atoms with van der Waals surface area (Å²) in [4.78, 5) is 38.0. The Hall–Kier alpha value is -3.72. The third kappa shape index (κ3) is 4.58. The summed E-state index contributed by atoms with van der Waals surface area (Å²) in [7, 11) is 1.56. The van der Waals surface area contributed by atoms with Crippen molar-refractivity contribution in [1.82, 2.24) is 19.9 Å². The van der Waals surface area contributed by atoms with Gasteiger partial charge in [-0.2, -0.15) is 0 Å². The van der Waals surface area contributed by atoms with Gasteiger partial charge < -0.3 is 19.4 Å². The van der Waals surface area contributed by atoms with Crippen LogP contribution in [0.15, 0.2) is 51.8 Å². The number of carbonyl (C=O) groups excluding carboxylic acids is 1. The first-order valence-corrected chi connectivity index (χ1v) is 11.0. The molecule has 0 spiro atoms. The molecule has 2 N–H and O–H groups in total. The van der Waals surface area contributed by atoms with Crippen LogP contribution < -0.4 is 15.8 Å². The molecule has 0 aliphatic carbocycles. The van der Waals surface area contributed by atoms with E-state index in [9.17, 15) is 9.59 Å². The SMILES string of the molecule is COc1ccc2nccc(NC(=O)C3CCN(CCc4ccc5[nH]c(=O)oc5c4)CC3)c2n1. The molecule has 1 fully saturated rings. The lowest BCUT2D eigenvalue weighted by atomic mass is 9.95. The number of aromatic nitrogens is 3. The molecular formula is C24H25N5O4. The number of benzene rings is 1. The standard InChI is InChI=1S/C24H25N5O4/c1-32-21-5-4-18-22(28-21)19(6-10-25-18)26-23(30)16-8-12-29(13-9-16)11-7-15-2-3-17-20(14-15)33-24(31)27-17/h2-6,10,14,16H,7-9,11-13H2,1H3,(H,27,31)(H,25,26,30). The molecule has 4 aromatic rings. The maximum atomic E-state index is 12.9. The normalized spacial score (nSPS) is 15.2. The first-order chi connectivity index (χ1) is 16.1. The zero-order valence-corrected chi connectivity index (χ0v) is 18.3. The number of aromatic amines is 1. The Bertz CT molecular complexity index is 1350. The number of hydrogen-bond acceptors (Lipinski definition) is 7. The van der Waals surface area contributed by atoms with Crippen molar-refractivity contribution in [3.8, 4) is 5.88 Å². The fourth-order valence-corrected chi connectivity index (χ4v) is 4.31. The highest BCUT2D eigenvalue weighted by molar-refractivity contribution is 6.00. The van der Waals surface area contributed by atoms with E-state index in [2.05, 4.69) is 25.2 Å². The molecule has 5 rings (SSSR count). The number of nitrogens with one attached hydrogen (secondary N) is 2. The van der Waals surface area contributed by atoms with Crippen molar-refractivity contribution in [2.24, 2.45) is 5.92 Å². The van der Waals surface area contributed by atoms with Gasteiger partial charge in [-0.15, -0.1) is 0 Å². The van der Waals surface area contributed by atoms with Crippen LogP contribution in [0.3, 0.4) is 0 Å². The minimum Gasteiger partial charge on any atom is -0.481 e. The van der Waals surface area contributed by atoms with Gasteiger partial charge in [-0.1, -0.05) is 6.07 Å². The molecule has 0 saturated carbocycles. The number of methoxy groups -OCH3 is 1. The van der Waals surface area contributed by atoms with Crippen molar-refractivity contribution in [2.45, 2.75) is 19.3 Å². The molecule has 1 aromatic carbocycles. The fourth-order valence-electron chi connectivity index (χ4n) is 4.31. The highest BCUT2D eigenvalue weighted by Gasteiger charge is 2.25. The molecule has 1 amide bonds. The maximum absolute atomic E-state index is 12.9. The van der Waals surface area contributed by atoms with Crippen LogP contribution in [0, 0.1) is 5.92 Å². The zero-order chi connectivity index (χ0) is 22.8. The molecule has 4 heterocycles. The smallest absolute Gasteiger partial charge is 0.417 e. The van der Waals surface area contributed by atoms with Crippen molar-refractivity contribution in [2.75, 3.05) is 32.1 Å². The Morgan fingerprint density at radius 2 is 2.09 bits per heavy atom. The van der Waals surface area contributed by atoms with Gasteiger partial charge in [-0.05, 0) is 62.2 Å². The van der Waals surface area contributed by atoms with Gasteiger partial charge >= 0.3 is 5.76 Å². The number of anilines is 1. The number of oxazole rings is 1. The monoisotopic (exact) mass is 447 g/mol. The third-order valence-corrected chi connectivity index (χ3v) is 6.19. The molecule has 1 aliphatic rings. The van der Waals surface area contributed by atoms with Gasteiger partial charge in [0.05, 0.1) is 23.8 Å². The Kier molecular flexibility index (Phi) is 5.78. The van der Waals surface area contributed by atoms with E-state index in [1.165, 1.54) is 0 Å². The molecule has 1 saturated heterocycles. The first kappa shape index (κ1) is 21.1. The van der Waals surface area contributed by atoms with Crippen LogP contribution in [0.25, 0.3) is 22.1 Å². The van der Waals surface area contributed by atoms with Crippen LogP contribution >= 0.6 is 0 Å². The lowest BCUT2D eigenvalue weighted by molar-refractivity contribution is -0.121. The number of amides is 1. The number of rotatable bonds is 6. The molecule has 9 nitrogen and oxygen atoms in total. The van der Waals surface area contributed by atoms with E-state index in [-0.39, 0.29) is 11.8 Å². The van der Waals surface area contributed by atoms with Crippen molar-refractivity contribution in [3.63, 3.8) is 0 Å². The van der Waals surface area contributed by atoms with Gasteiger partial charge in [0.2, 0.25) is 11.8 Å². The molecule has 3 aromatic heterocycles. The minimum atomic E-state index is -0.433. The number of piperidine rings is 1. The van der Waals surface area contributed by atoms with E-state index in [0.29, 0.717) is 33.7 Å². The molecule has 0 unspecified atom stereocenters. The van der Waals surface area contributed by atoms with E-state index >= 15 is 0 Å². The van der Waals surface area contributed by atoms with Gasteiger partial charge in [0.15, 0.2) is 5.58 Å². The van der Waals surface area contributed by atoms with Crippen LogP contribution in [-0.2, 0) is 11.2 Å². The average molecular weight is 447 g/mol. The second-order valence-electron chi connectivity index (χ2n) is 8.28. The zero-order valence-electron chi connectivity index (χ0n) is 18.3. The number of H-pyrrole nitrogens is 1. The highest BCUT2D eigenvalue weighted by atomic mass is 16.5. The Balaban J connectivity index is 1.16. The Labute approximate surface area is 189 Å². The quantitative estimate of drug-likeness (QED) is 0.467. The largest absolute Gasteiger partial charge is 0.481 e. The number of ether oxygens (including phenoxy) is 1. The fraction of sp³-hybridized carbons (Fsp3) is 0.333. The summed E-state index contributed by atoms with van der Waals surface area (Å²) in [5, 5.41) is 3.04. The van der Waals surface area contributed by atoms with Crippen LogP contribution in [-0.4, -0.2) is 52.5 Å². The summed E-state index contributed by atoms with van der Waals surface area (Å²) in [5.41, 5.74) is 4.41. The predicted octanol–water partition coefficient (Wildman–Crippen LogP) is 2.97. The molecule has 1 aliphatic heterocycles. The van der Waals surface area contributed by atoms with Crippen LogP contribution in [0.4, 0.5) is 5.69 Å². The molecule has 0 atom stereocenters. The van der Waals surface area contributed by atoms with Crippen LogP contribution in [0.2, 0.25) is 0 Å². The second-order valence-corrected chi connectivity index (χ2v) is 8.28. The molecule has 9 heteroatoms. The van der Waals surface area contributed by atoms with Crippen molar-refractivity contribution in [3.05, 3.63) is 58.7 Å². The summed E-state index contributed by atoms with van der Waals surface area (Å²) in [6.45, 7) is 2.62. The highest BCUT2D eigenvalue weighted by Crippen LogP contribution is 2.25. The number of carbonyl (C=O) groups is 1. The predicted molar refractivity (Wildman–Crippen MR) is 124 cm³/mol. The Morgan fingerprint density at radius 3 is 2.91 bits per heavy atom. The average Bonchev–Trinajstić information content (AvgIpc) is 3.22. The number of hydrogen-bond donors (Lipinski definition) is 2. The van der Waals surface area contributed by atoms with Gasteiger partial charge in [0.1, 0.15) is 5.52 Å². The van der Waals surface area contributed by atoms with E-state index in [4.69, 9.17) is 9.15 Å². The Morgan fingerprint density at radius 1 is 1.24 bits per heavy atom. The number of nitrogens with zero attached hydrogens (tertiary/aromatic N) is 3. The van der Waals surface area contributed by atoms with Crippen molar-refractivity contribution < 1.29 is 13.9 Å². The maximum Gasteiger partial charge on any atom is 0.417 e. The van der Waals surface area contributed by atoms with E-state index in [1.54, 1.807) is 25.4 Å². The van der Waals surface area contributed by atoms with Gasteiger partial charge in [0, 0.05) is 24.7 Å². The van der Waals surface area contributed by atoms with Crippen LogP contribution in [0.5, 0.6) is 5.88 Å². The van der Waals surface area contributed by atoms with E-state index < -0.39 is 5.76 Å². The van der Waals surface area contributed by atoms with Gasteiger partial charge in [-0.25, -0.2) is 9.78 Å². The molecule has 170 valence electrons. The molecule has 33 heavy (non-hydrogen) atoms. The van der Waals surface area contributed by atoms with Crippen molar-refractivity contribution >= 4 is 33.7 Å². The van der Waals surface area contributed by atoms with E-state index in [0.717, 1.165) is 44.5 Å². The summed E-state index contributed by atoms with van der Waals surface area (Å²) >= 11 is 0. The lowest BCUT2D eigenvalue weighted by Gasteiger charge is -2.31. The molecule has 0 bridgehead atoms. The number of fused-ring (bicyclic) bond motifs is 2. The molecule has 0 radical (unpaired) electrons. The summed E-state index contributed by atoms with van der Waals surface area (Å²) in [6, 6.07) is 11.1. The third-order valence-electron chi connectivity index (χ3n) is 6.19. The second kappa shape index (κ2) is 9.03. The first-order valence-electron chi connectivity index (χ1n) is 11.0. The summed E-state index contributed by atoms with van der Waals surface area (Å²) in [6.07, 6.45) is 4.14. The van der Waals surface area contributed by atoms with Crippen LogP contribution in [0.1, 0.15) is 18.4 Å².